The molecular formula is C18H29NO3. The molecule has 2 heterocycles. The summed E-state index contributed by atoms with van der Waals surface area (Å²) in [5, 5.41) is 0. The minimum atomic E-state index is 0.0157. The number of carbonyl (C=O) groups is 1. The lowest BCUT2D eigenvalue weighted by Gasteiger charge is -2.43. The first-order valence-corrected chi connectivity index (χ1v) is 8.90. The van der Waals surface area contributed by atoms with E-state index in [4.69, 9.17) is 9.47 Å². The van der Waals surface area contributed by atoms with Crippen molar-refractivity contribution in [2.24, 2.45) is 11.8 Å². The zero-order valence-corrected chi connectivity index (χ0v) is 13.8. The minimum Gasteiger partial charge on any atom is -0.382 e. The molecule has 2 saturated heterocycles. The number of rotatable bonds is 5. The molecule has 0 aromatic rings. The first-order valence-electron chi connectivity index (χ1n) is 8.90. The topological polar surface area (TPSA) is 38.8 Å². The average molecular weight is 307 g/mol. The fourth-order valence-corrected chi connectivity index (χ4v) is 4.30. The molecule has 0 aromatic heterocycles. The van der Waals surface area contributed by atoms with Gasteiger partial charge in [-0.1, -0.05) is 12.2 Å². The van der Waals surface area contributed by atoms with Crippen molar-refractivity contribution in [1.29, 1.82) is 0 Å². The van der Waals surface area contributed by atoms with Crippen LogP contribution in [0.25, 0.3) is 0 Å². The van der Waals surface area contributed by atoms with Crippen LogP contribution in [0.3, 0.4) is 0 Å². The van der Waals surface area contributed by atoms with E-state index in [-0.39, 0.29) is 11.5 Å². The van der Waals surface area contributed by atoms with Crippen LogP contribution in [0.5, 0.6) is 0 Å². The Labute approximate surface area is 133 Å². The predicted octanol–water partition coefficient (Wildman–Crippen LogP) is 2.78. The van der Waals surface area contributed by atoms with Gasteiger partial charge >= 0.3 is 0 Å². The quantitative estimate of drug-likeness (QED) is 0.579. The largest absolute Gasteiger partial charge is 0.382 e. The van der Waals surface area contributed by atoms with Gasteiger partial charge in [0.15, 0.2) is 0 Å². The third kappa shape index (κ3) is 3.23. The molecule has 22 heavy (non-hydrogen) atoms. The summed E-state index contributed by atoms with van der Waals surface area (Å²) in [5.41, 5.74) is 0.0157. The van der Waals surface area contributed by atoms with E-state index in [1.807, 2.05) is 6.92 Å². The molecule has 1 atom stereocenters. The van der Waals surface area contributed by atoms with Crippen molar-refractivity contribution in [2.45, 2.75) is 51.0 Å². The lowest BCUT2D eigenvalue weighted by atomic mass is 9.78. The Morgan fingerprint density at radius 1 is 1.32 bits per heavy atom. The average Bonchev–Trinajstić information content (AvgIpc) is 3.19. The first kappa shape index (κ1) is 16.0. The molecule has 1 aliphatic carbocycles. The van der Waals surface area contributed by atoms with Crippen molar-refractivity contribution in [2.75, 3.05) is 32.9 Å². The Kier molecular flexibility index (Phi) is 5.19. The van der Waals surface area contributed by atoms with Crippen LogP contribution < -0.4 is 0 Å². The van der Waals surface area contributed by atoms with Gasteiger partial charge in [0.1, 0.15) is 0 Å². The van der Waals surface area contributed by atoms with E-state index in [1.165, 1.54) is 0 Å². The smallest absolute Gasteiger partial charge is 0.226 e. The fraction of sp³-hybridized carbons (Fsp3) is 0.833. The van der Waals surface area contributed by atoms with Gasteiger partial charge in [-0.2, -0.15) is 0 Å². The lowest BCUT2D eigenvalue weighted by molar-refractivity contribution is -0.141. The third-order valence-corrected chi connectivity index (χ3v) is 5.69. The van der Waals surface area contributed by atoms with Gasteiger partial charge in [-0.15, -0.1) is 0 Å². The number of hydrogen-bond donors (Lipinski definition) is 0. The number of likely N-dealkylation sites (tertiary alicyclic amines) is 1. The number of allylic oxidation sites excluding steroid dienone is 2. The molecule has 124 valence electrons. The molecule has 3 rings (SSSR count). The van der Waals surface area contributed by atoms with Crippen LogP contribution in [0.15, 0.2) is 12.2 Å². The molecule has 2 aliphatic heterocycles. The summed E-state index contributed by atoms with van der Waals surface area (Å²) in [5.74, 6) is 1.15. The van der Waals surface area contributed by atoms with Crippen LogP contribution in [-0.2, 0) is 14.3 Å². The number of ether oxygens (including phenoxy) is 2. The molecule has 0 aromatic carbocycles. The highest BCUT2D eigenvalue weighted by Crippen LogP contribution is 2.42. The number of carbonyl (C=O) groups excluding carboxylic acids is 1. The van der Waals surface area contributed by atoms with Gasteiger partial charge in [-0.25, -0.2) is 0 Å². The molecule has 4 nitrogen and oxygen atoms in total. The van der Waals surface area contributed by atoms with E-state index in [0.717, 1.165) is 71.4 Å². The summed E-state index contributed by atoms with van der Waals surface area (Å²) in [6.07, 6.45) is 10.4. The Morgan fingerprint density at radius 3 is 2.73 bits per heavy atom. The van der Waals surface area contributed by atoms with Crippen LogP contribution >= 0.6 is 0 Å². The van der Waals surface area contributed by atoms with Gasteiger partial charge in [0.25, 0.3) is 0 Å². The maximum Gasteiger partial charge on any atom is 0.226 e. The second kappa shape index (κ2) is 7.14. The molecular weight excluding hydrogens is 278 g/mol. The summed E-state index contributed by atoms with van der Waals surface area (Å²) in [4.78, 5) is 14.6. The van der Waals surface area contributed by atoms with Crippen LogP contribution in [-0.4, -0.2) is 49.3 Å². The van der Waals surface area contributed by atoms with E-state index >= 15 is 0 Å². The summed E-state index contributed by atoms with van der Waals surface area (Å²) in [7, 11) is 0. The van der Waals surface area contributed by atoms with E-state index in [1.54, 1.807) is 0 Å². The van der Waals surface area contributed by atoms with Crippen molar-refractivity contribution in [3.05, 3.63) is 12.2 Å². The zero-order valence-electron chi connectivity index (χ0n) is 13.8. The van der Waals surface area contributed by atoms with Crippen molar-refractivity contribution < 1.29 is 14.3 Å². The maximum atomic E-state index is 12.5. The molecule has 0 N–H and O–H groups in total. The summed E-state index contributed by atoms with van der Waals surface area (Å²) < 4.78 is 11.7. The van der Waals surface area contributed by atoms with Crippen LogP contribution in [0.1, 0.15) is 45.4 Å². The Balaban J connectivity index is 1.52. The van der Waals surface area contributed by atoms with Gasteiger partial charge in [-0.05, 0) is 51.4 Å². The molecule has 1 unspecified atom stereocenters. The second-order valence-corrected chi connectivity index (χ2v) is 6.85. The van der Waals surface area contributed by atoms with Crippen molar-refractivity contribution in [3.63, 3.8) is 0 Å². The number of piperidine rings is 1. The Morgan fingerprint density at radius 2 is 2.05 bits per heavy atom. The highest BCUT2D eigenvalue weighted by Gasteiger charge is 2.46. The Bertz CT molecular complexity index is 405. The Hall–Kier alpha value is -0.870. The minimum absolute atomic E-state index is 0.0157. The predicted molar refractivity (Wildman–Crippen MR) is 85.6 cm³/mol. The molecule has 3 aliphatic rings. The molecule has 0 radical (unpaired) electrons. The van der Waals surface area contributed by atoms with Gasteiger partial charge in [0, 0.05) is 38.8 Å². The SMILES string of the molecule is CCOCCC1CCOC12CCN(C(=O)C1CC=CC1)CC2. The highest BCUT2D eigenvalue weighted by molar-refractivity contribution is 5.79. The number of nitrogens with zero attached hydrogens (tertiary/aromatic N) is 1. The molecule has 0 bridgehead atoms. The standard InChI is InChI=1S/C18H29NO3/c1-2-21-13-7-16-8-14-22-18(16)9-11-19(12-10-18)17(20)15-5-3-4-6-15/h3-4,15-16H,2,5-14H2,1H3. The lowest BCUT2D eigenvalue weighted by Crippen LogP contribution is -2.50. The highest BCUT2D eigenvalue weighted by atomic mass is 16.5. The van der Waals surface area contributed by atoms with E-state index in [0.29, 0.717) is 11.8 Å². The van der Waals surface area contributed by atoms with Crippen LogP contribution in [0.2, 0.25) is 0 Å². The van der Waals surface area contributed by atoms with Crippen molar-refractivity contribution in [3.8, 4) is 0 Å². The van der Waals surface area contributed by atoms with Crippen LogP contribution in [0.4, 0.5) is 0 Å². The van der Waals surface area contributed by atoms with Crippen LogP contribution in [0, 0.1) is 11.8 Å². The summed E-state index contributed by atoms with van der Waals surface area (Å²) in [6.45, 7) is 6.27. The van der Waals surface area contributed by atoms with Crippen molar-refractivity contribution in [1.82, 2.24) is 4.90 Å². The molecule has 1 spiro atoms. The molecule has 2 fully saturated rings. The van der Waals surface area contributed by atoms with Gasteiger partial charge < -0.3 is 14.4 Å². The molecule has 4 heteroatoms. The summed E-state index contributed by atoms with van der Waals surface area (Å²) >= 11 is 0. The molecule has 1 amide bonds. The van der Waals surface area contributed by atoms with E-state index in [2.05, 4.69) is 17.1 Å². The first-order chi connectivity index (χ1) is 10.7. The molecule has 0 saturated carbocycles. The third-order valence-electron chi connectivity index (χ3n) is 5.69. The summed E-state index contributed by atoms with van der Waals surface area (Å²) in [6, 6.07) is 0. The van der Waals surface area contributed by atoms with Gasteiger partial charge in [-0.3, -0.25) is 4.79 Å². The van der Waals surface area contributed by atoms with Crippen molar-refractivity contribution >= 4 is 5.91 Å². The maximum absolute atomic E-state index is 12.5. The van der Waals surface area contributed by atoms with E-state index in [9.17, 15) is 4.79 Å². The monoisotopic (exact) mass is 307 g/mol. The normalized spacial score (nSPS) is 27.9. The second-order valence-electron chi connectivity index (χ2n) is 6.85. The number of amides is 1. The number of hydrogen-bond acceptors (Lipinski definition) is 3. The van der Waals surface area contributed by atoms with E-state index < -0.39 is 0 Å². The fourth-order valence-electron chi connectivity index (χ4n) is 4.30. The van der Waals surface area contributed by atoms with Gasteiger partial charge in [0.05, 0.1) is 5.60 Å². The zero-order chi connectivity index (χ0) is 15.4. The van der Waals surface area contributed by atoms with Gasteiger partial charge in [0.2, 0.25) is 5.91 Å².